The zero-order valence-electron chi connectivity index (χ0n) is 25.6. The van der Waals surface area contributed by atoms with Gasteiger partial charge in [-0.1, -0.05) is 18.5 Å². The predicted octanol–water partition coefficient (Wildman–Crippen LogP) is 6.18. The quantitative estimate of drug-likeness (QED) is 0.267. The standard InChI is InChI=1S/C33H36ClF4N5O3/c1-3-22-19-42(32(45)25-10-9-20(34)17-26(25)33(36,37)38)15-16-43(22)27-12-11-23(24-8-6-14-40-31(24)46-4-2)29(35)28(27)30(44)41-18-21-7-5-13-39-21/h6,8-12,14,17,21-22,39H,3-5,7,13,15-16,18-19H2,1-2H3,(H,41,44)/t21-,22-/m1/s1. The highest BCUT2D eigenvalue weighted by atomic mass is 35.5. The normalized spacial score (nSPS) is 18.5. The number of alkyl halides is 3. The molecular formula is C33H36ClF4N5O3. The Hall–Kier alpha value is -3.90. The highest BCUT2D eigenvalue weighted by molar-refractivity contribution is 6.30. The van der Waals surface area contributed by atoms with Crippen molar-refractivity contribution in [3.63, 3.8) is 0 Å². The van der Waals surface area contributed by atoms with E-state index in [-0.39, 0.29) is 47.7 Å². The van der Waals surface area contributed by atoms with Crippen LogP contribution in [-0.2, 0) is 6.18 Å². The Balaban J connectivity index is 1.49. The van der Waals surface area contributed by atoms with Crippen LogP contribution >= 0.6 is 11.6 Å². The highest BCUT2D eigenvalue weighted by Gasteiger charge is 2.39. The molecule has 0 unspecified atom stereocenters. The number of carbonyl (C=O) groups is 2. The van der Waals surface area contributed by atoms with E-state index in [0.29, 0.717) is 30.8 Å². The molecule has 2 N–H and O–H groups in total. The lowest BCUT2D eigenvalue weighted by Crippen LogP contribution is -2.55. The van der Waals surface area contributed by atoms with E-state index in [1.807, 2.05) is 11.8 Å². The van der Waals surface area contributed by atoms with Crippen LogP contribution in [0.1, 0.15) is 59.4 Å². The number of amides is 2. The van der Waals surface area contributed by atoms with E-state index in [9.17, 15) is 22.8 Å². The summed E-state index contributed by atoms with van der Waals surface area (Å²) >= 11 is 5.82. The molecule has 2 aliphatic rings. The monoisotopic (exact) mass is 661 g/mol. The van der Waals surface area contributed by atoms with Crippen LogP contribution in [0.25, 0.3) is 11.1 Å². The van der Waals surface area contributed by atoms with Crippen molar-refractivity contribution in [3.05, 3.63) is 76.2 Å². The molecule has 2 aromatic carbocycles. The number of hydrogen-bond donors (Lipinski definition) is 2. The molecule has 3 aromatic rings. The van der Waals surface area contributed by atoms with Crippen molar-refractivity contribution in [2.45, 2.75) is 51.4 Å². The minimum absolute atomic E-state index is 0.0583. The highest BCUT2D eigenvalue weighted by Crippen LogP contribution is 2.38. The van der Waals surface area contributed by atoms with Crippen molar-refractivity contribution in [1.29, 1.82) is 0 Å². The fourth-order valence-electron chi connectivity index (χ4n) is 6.13. The number of hydrogen-bond acceptors (Lipinski definition) is 6. The smallest absolute Gasteiger partial charge is 0.417 e. The lowest BCUT2D eigenvalue weighted by Gasteiger charge is -2.43. The number of nitrogens with zero attached hydrogens (tertiary/aromatic N) is 3. The molecule has 0 aliphatic carbocycles. The second kappa shape index (κ2) is 14.3. The summed E-state index contributed by atoms with van der Waals surface area (Å²) in [7, 11) is 0. The molecule has 3 heterocycles. The first-order valence-corrected chi connectivity index (χ1v) is 15.8. The Labute approximate surface area is 270 Å². The molecule has 5 rings (SSSR count). The summed E-state index contributed by atoms with van der Waals surface area (Å²) in [6.45, 7) is 5.44. The van der Waals surface area contributed by atoms with Gasteiger partial charge >= 0.3 is 6.18 Å². The topological polar surface area (TPSA) is 86.8 Å². The maximum absolute atomic E-state index is 16.6. The van der Waals surface area contributed by atoms with Gasteiger partial charge in [-0.15, -0.1) is 0 Å². The molecule has 0 bridgehead atoms. The van der Waals surface area contributed by atoms with Crippen molar-refractivity contribution in [3.8, 4) is 17.0 Å². The minimum atomic E-state index is -4.77. The maximum atomic E-state index is 16.6. The number of pyridine rings is 1. The Kier molecular flexibility index (Phi) is 10.4. The van der Waals surface area contributed by atoms with Crippen molar-refractivity contribution in [2.75, 3.05) is 44.2 Å². The minimum Gasteiger partial charge on any atom is -0.478 e. The van der Waals surface area contributed by atoms with Gasteiger partial charge in [0.15, 0.2) is 0 Å². The van der Waals surface area contributed by atoms with Crippen LogP contribution in [-0.4, -0.2) is 73.1 Å². The Bertz CT molecular complexity index is 1580. The van der Waals surface area contributed by atoms with Gasteiger partial charge in [0, 0.05) is 60.6 Å². The molecule has 2 aliphatic heterocycles. The van der Waals surface area contributed by atoms with E-state index < -0.39 is 41.0 Å². The van der Waals surface area contributed by atoms with Crippen LogP contribution in [0.4, 0.5) is 23.2 Å². The zero-order valence-corrected chi connectivity index (χ0v) is 26.3. The first kappa shape index (κ1) is 33.5. The van der Waals surface area contributed by atoms with Crippen molar-refractivity contribution in [1.82, 2.24) is 20.5 Å². The fourth-order valence-corrected chi connectivity index (χ4v) is 6.30. The number of piperazine rings is 1. The average molecular weight is 662 g/mol. The predicted molar refractivity (Wildman–Crippen MR) is 168 cm³/mol. The summed E-state index contributed by atoms with van der Waals surface area (Å²) < 4.78 is 63.7. The molecular weight excluding hydrogens is 626 g/mol. The van der Waals surface area contributed by atoms with Crippen LogP contribution in [0.3, 0.4) is 0 Å². The molecule has 0 spiro atoms. The van der Waals surface area contributed by atoms with E-state index in [1.165, 1.54) is 17.2 Å². The molecule has 0 saturated carbocycles. The number of carbonyl (C=O) groups excluding carboxylic acids is 2. The van der Waals surface area contributed by atoms with Gasteiger partial charge in [0.2, 0.25) is 5.88 Å². The van der Waals surface area contributed by atoms with E-state index >= 15 is 4.39 Å². The molecule has 0 radical (unpaired) electrons. The van der Waals surface area contributed by atoms with Crippen molar-refractivity contribution in [2.24, 2.45) is 0 Å². The summed E-state index contributed by atoms with van der Waals surface area (Å²) in [6.07, 6.45) is -0.881. The lowest BCUT2D eigenvalue weighted by molar-refractivity contribution is -0.138. The Morgan fingerprint density at radius 1 is 1.13 bits per heavy atom. The van der Waals surface area contributed by atoms with Crippen LogP contribution in [0.15, 0.2) is 48.7 Å². The van der Waals surface area contributed by atoms with Gasteiger partial charge in [0.05, 0.1) is 29.0 Å². The van der Waals surface area contributed by atoms with E-state index in [0.717, 1.165) is 31.5 Å². The third-order valence-corrected chi connectivity index (χ3v) is 8.66. The number of nitrogens with one attached hydrogen (secondary N) is 2. The van der Waals surface area contributed by atoms with Crippen molar-refractivity contribution < 1.29 is 31.9 Å². The van der Waals surface area contributed by atoms with E-state index in [4.69, 9.17) is 16.3 Å². The van der Waals surface area contributed by atoms with Crippen LogP contribution in [0.5, 0.6) is 5.88 Å². The third kappa shape index (κ3) is 7.07. The average Bonchev–Trinajstić information content (AvgIpc) is 3.57. The summed E-state index contributed by atoms with van der Waals surface area (Å²) in [5, 5.41) is 6.08. The van der Waals surface area contributed by atoms with Gasteiger partial charge < -0.3 is 25.2 Å². The van der Waals surface area contributed by atoms with Crippen molar-refractivity contribution >= 4 is 29.1 Å². The summed E-state index contributed by atoms with van der Waals surface area (Å²) in [5.41, 5.74) is -0.869. The largest absolute Gasteiger partial charge is 0.478 e. The summed E-state index contributed by atoms with van der Waals surface area (Å²) in [6, 6.07) is 9.34. The first-order chi connectivity index (χ1) is 22.0. The first-order valence-electron chi connectivity index (χ1n) is 15.4. The molecule has 46 heavy (non-hydrogen) atoms. The molecule has 1 aromatic heterocycles. The lowest BCUT2D eigenvalue weighted by atomic mass is 9.97. The van der Waals surface area contributed by atoms with Gasteiger partial charge in [-0.25, -0.2) is 9.37 Å². The third-order valence-electron chi connectivity index (χ3n) is 8.43. The molecule has 13 heteroatoms. The summed E-state index contributed by atoms with van der Waals surface area (Å²) in [4.78, 5) is 34.6. The SMILES string of the molecule is CCOc1ncccc1-c1ccc(N2CCN(C(=O)c3ccc(Cl)cc3C(F)(F)F)C[C@H]2CC)c(C(=O)NC[C@H]2CCCN2)c1F. The number of rotatable bonds is 9. The van der Waals surface area contributed by atoms with Gasteiger partial charge in [-0.05, 0) is 75.2 Å². The summed E-state index contributed by atoms with van der Waals surface area (Å²) in [5.74, 6) is -1.87. The fraction of sp³-hybridized carbons (Fsp3) is 0.424. The Morgan fingerprint density at radius 3 is 2.63 bits per heavy atom. The Morgan fingerprint density at radius 2 is 1.93 bits per heavy atom. The number of halogens is 5. The number of benzene rings is 2. The van der Waals surface area contributed by atoms with Crippen LogP contribution < -0.4 is 20.3 Å². The molecule has 8 nitrogen and oxygen atoms in total. The number of ether oxygens (including phenoxy) is 1. The van der Waals surface area contributed by atoms with Crippen LogP contribution in [0.2, 0.25) is 5.02 Å². The molecule has 2 fully saturated rings. The van der Waals surface area contributed by atoms with Gasteiger partial charge in [-0.3, -0.25) is 9.59 Å². The zero-order chi connectivity index (χ0) is 33.0. The molecule has 2 atom stereocenters. The van der Waals surface area contributed by atoms with E-state index in [2.05, 4.69) is 15.6 Å². The molecule has 246 valence electrons. The van der Waals surface area contributed by atoms with Gasteiger partial charge in [-0.2, -0.15) is 13.2 Å². The van der Waals surface area contributed by atoms with Crippen LogP contribution in [0, 0.1) is 5.82 Å². The second-order valence-electron chi connectivity index (χ2n) is 11.3. The molecule has 2 saturated heterocycles. The maximum Gasteiger partial charge on any atom is 0.417 e. The van der Waals surface area contributed by atoms with Gasteiger partial charge in [0.1, 0.15) is 5.82 Å². The number of aromatic nitrogens is 1. The van der Waals surface area contributed by atoms with E-state index in [1.54, 1.807) is 31.2 Å². The second-order valence-corrected chi connectivity index (χ2v) is 11.7. The molecule has 2 amide bonds. The number of anilines is 1. The van der Waals surface area contributed by atoms with Gasteiger partial charge in [0.25, 0.3) is 11.8 Å².